The highest BCUT2D eigenvalue weighted by Gasteiger charge is 2.31. The first-order chi connectivity index (χ1) is 17.0. The van der Waals surface area contributed by atoms with E-state index in [0.29, 0.717) is 38.3 Å². The minimum Gasteiger partial charge on any atom is -0.496 e. The molecule has 0 bridgehead atoms. The lowest BCUT2D eigenvalue weighted by Gasteiger charge is -2.40. The summed E-state index contributed by atoms with van der Waals surface area (Å²) in [7, 11) is 1.67. The van der Waals surface area contributed by atoms with Crippen LogP contribution >= 0.6 is 11.3 Å². The van der Waals surface area contributed by atoms with Gasteiger partial charge in [0.2, 0.25) is 5.91 Å². The second-order valence-electron chi connectivity index (χ2n) is 8.96. The van der Waals surface area contributed by atoms with E-state index in [1.54, 1.807) is 18.4 Å². The molecule has 1 saturated heterocycles. The van der Waals surface area contributed by atoms with E-state index in [4.69, 9.17) is 4.74 Å². The summed E-state index contributed by atoms with van der Waals surface area (Å²) in [6.45, 7) is 4.17. The number of ether oxygens (including phenoxy) is 1. The zero-order chi connectivity index (χ0) is 24.4. The SMILES string of the molecule is COc1ccccc1Cn1c(C(=O)N2CCN(C(=O)Cc3ccccc3)[C@@H](C)C2)cc2ccsc21. The Labute approximate surface area is 209 Å². The van der Waals surface area contributed by atoms with E-state index >= 15 is 0 Å². The molecule has 0 N–H and O–H groups in total. The Balaban J connectivity index is 1.34. The molecule has 0 saturated carbocycles. The predicted octanol–water partition coefficient (Wildman–Crippen LogP) is 4.68. The quantitative estimate of drug-likeness (QED) is 0.397. The Hall–Kier alpha value is -3.58. The summed E-state index contributed by atoms with van der Waals surface area (Å²) in [5.74, 6) is 0.921. The molecule has 2 aromatic heterocycles. The summed E-state index contributed by atoms with van der Waals surface area (Å²) in [5, 5.41) is 3.12. The predicted molar refractivity (Wildman–Crippen MR) is 139 cm³/mol. The molecule has 0 aliphatic carbocycles. The van der Waals surface area contributed by atoms with Crippen molar-refractivity contribution in [2.45, 2.75) is 25.9 Å². The lowest BCUT2D eigenvalue weighted by atomic mass is 10.1. The summed E-state index contributed by atoms with van der Waals surface area (Å²) >= 11 is 1.64. The van der Waals surface area contributed by atoms with Crippen LogP contribution in [0, 0.1) is 0 Å². The maximum atomic E-state index is 13.7. The lowest BCUT2D eigenvalue weighted by Crippen LogP contribution is -2.56. The van der Waals surface area contributed by atoms with Crippen LogP contribution in [0.25, 0.3) is 10.2 Å². The molecule has 35 heavy (non-hydrogen) atoms. The summed E-state index contributed by atoms with van der Waals surface area (Å²) in [6.07, 6.45) is 0.386. The fourth-order valence-electron chi connectivity index (χ4n) is 4.86. The molecule has 3 heterocycles. The smallest absolute Gasteiger partial charge is 0.270 e. The van der Waals surface area contributed by atoms with Crippen molar-refractivity contribution >= 4 is 33.4 Å². The molecule has 4 aromatic rings. The highest BCUT2D eigenvalue weighted by molar-refractivity contribution is 7.16. The number of thiophene rings is 1. The van der Waals surface area contributed by atoms with Gasteiger partial charge in [0, 0.05) is 36.6 Å². The molecule has 2 aromatic carbocycles. The molecule has 0 unspecified atom stereocenters. The van der Waals surface area contributed by atoms with Gasteiger partial charge < -0.3 is 19.1 Å². The number of aromatic nitrogens is 1. The van der Waals surface area contributed by atoms with Crippen LogP contribution in [0.1, 0.15) is 28.5 Å². The highest BCUT2D eigenvalue weighted by Crippen LogP contribution is 2.29. The maximum Gasteiger partial charge on any atom is 0.270 e. The van der Waals surface area contributed by atoms with Crippen molar-refractivity contribution in [2.24, 2.45) is 0 Å². The molecule has 0 spiro atoms. The van der Waals surface area contributed by atoms with Crippen molar-refractivity contribution in [2.75, 3.05) is 26.7 Å². The second kappa shape index (κ2) is 9.96. The Morgan fingerprint density at radius 3 is 2.57 bits per heavy atom. The van der Waals surface area contributed by atoms with Gasteiger partial charge in [-0.2, -0.15) is 0 Å². The van der Waals surface area contributed by atoms with Crippen LogP contribution in [-0.4, -0.2) is 59.0 Å². The number of nitrogens with zero attached hydrogens (tertiary/aromatic N) is 3. The number of benzene rings is 2. The van der Waals surface area contributed by atoms with Crippen LogP contribution in [0.4, 0.5) is 0 Å². The number of carbonyl (C=O) groups is 2. The van der Waals surface area contributed by atoms with E-state index < -0.39 is 0 Å². The molecule has 1 atom stereocenters. The Kier molecular flexibility index (Phi) is 6.59. The molecule has 6 nitrogen and oxygen atoms in total. The monoisotopic (exact) mass is 487 g/mol. The summed E-state index contributed by atoms with van der Waals surface area (Å²) in [6, 6.07) is 21.7. The molecular weight excluding hydrogens is 458 g/mol. The van der Waals surface area contributed by atoms with Gasteiger partial charge in [0.05, 0.1) is 20.1 Å². The summed E-state index contributed by atoms with van der Waals surface area (Å²) in [5.41, 5.74) is 2.71. The third-order valence-electron chi connectivity index (χ3n) is 6.68. The van der Waals surface area contributed by atoms with E-state index in [1.165, 1.54) is 0 Å². The molecule has 1 fully saturated rings. The van der Waals surface area contributed by atoms with Crippen molar-refractivity contribution in [1.82, 2.24) is 14.4 Å². The molecule has 180 valence electrons. The number of hydrogen-bond donors (Lipinski definition) is 0. The molecule has 7 heteroatoms. The minimum atomic E-state index is -0.0392. The van der Waals surface area contributed by atoms with Crippen LogP contribution in [0.3, 0.4) is 0 Å². The molecular formula is C28H29N3O3S. The largest absolute Gasteiger partial charge is 0.496 e. The van der Waals surface area contributed by atoms with Crippen molar-refractivity contribution < 1.29 is 14.3 Å². The van der Waals surface area contributed by atoms with Crippen LogP contribution in [-0.2, 0) is 17.8 Å². The van der Waals surface area contributed by atoms with Crippen molar-refractivity contribution in [3.8, 4) is 5.75 Å². The Morgan fingerprint density at radius 1 is 1.03 bits per heavy atom. The van der Waals surface area contributed by atoms with Crippen LogP contribution in [0.5, 0.6) is 5.75 Å². The number of para-hydroxylation sites is 1. The minimum absolute atomic E-state index is 0.00491. The lowest BCUT2D eigenvalue weighted by molar-refractivity contribution is -0.134. The van der Waals surface area contributed by atoms with Crippen LogP contribution < -0.4 is 4.74 Å². The van der Waals surface area contributed by atoms with Gasteiger partial charge in [-0.15, -0.1) is 11.3 Å². The molecule has 1 aliphatic heterocycles. The first-order valence-corrected chi connectivity index (χ1v) is 12.7. The van der Waals surface area contributed by atoms with Crippen LogP contribution in [0.2, 0.25) is 0 Å². The maximum absolute atomic E-state index is 13.7. The van der Waals surface area contributed by atoms with Gasteiger partial charge in [0.25, 0.3) is 5.91 Å². The fourth-order valence-corrected chi connectivity index (χ4v) is 5.76. The average molecular weight is 488 g/mol. The highest BCUT2D eigenvalue weighted by atomic mass is 32.1. The number of fused-ring (bicyclic) bond motifs is 1. The number of amides is 2. The zero-order valence-corrected chi connectivity index (χ0v) is 20.8. The number of carbonyl (C=O) groups excluding carboxylic acids is 2. The van der Waals surface area contributed by atoms with Gasteiger partial charge in [-0.25, -0.2) is 0 Å². The third kappa shape index (κ3) is 4.68. The Morgan fingerprint density at radius 2 is 1.80 bits per heavy atom. The molecule has 2 amide bonds. The van der Waals surface area contributed by atoms with Crippen molar-refractivity contribution in [3.05, 3.63) is 88.9 Å². The molecule has 0 radical (unpaired) electrons. The zero-order valence-electron chi connectivity index (χ0n) is 20.0. The topological polar surface area (TPSA) is 54.8 Å². The summed E-state index contributed by atoms with van der Waals surface area (Å²) in [4.78, 5) is 31.5. The van der Waals surface area contributed by atoms with Crippen molar-refractivity contribution in [1.29, 1.82) is 0 Å². The van der Waals surface area contributed by atoms with E-state index in [9.17, 15) is 9.59 Å². The van der Waals surface area contributed by atoms with E-state index in [-0.39, 0.29) is 17.9 Å². The number of hydrogen-bond acceptors (Lipinski definition) is 4. The number of piperazine rings is 1. The Bertz CT molecular complexity index is 1340. The fraction of sp³-hybridized carbons (Fsp3) is 0.286. The first-order valence-electron chi connectivity index (χ1n) is 11.9. The van der Waals surface area contributed by atoms with Gasteiger partial charge in [-0.3, -0.25) is 9.59 Å². The van der Waals surface area contributed by atoms with E-state index in [1.807, 2.05) is 77.4 Å². The van der Waals surface area contributed by atoms with Gasteiger partial charge in [-0.05, 0) is 36.1 Å². The number of methoxy groups -OCH3 is 1. The standard InChI is InChI=1S/C28H29N3O3S/c1-20-18-29(13-14-30(20)26(32)16-21-8-4-3-5-9-21)27(33)24-17-22-12-15-35-28(22)31(24)19-23-10-6-7-11-25(23)34-2/h3-12,15,17,20H,13-14,16,18-19H2,1-2H3/t20-/m0/s1. The van der Waals surface area contributed by atoms with Crippen LogP contribution in [0.15, 0.2) is 72.1 Å². The van der Waals surface area contributed by atoms with Gasteiger partial charge in [-0.1, -0.05) is 48.5 Å². The first kappa shape index (κ1) is 23.2. The second-order valence-corrected chi connectivity index (χ2v) is 9.85. The van der Waals surface area contributed by atoms with Crippen molar-refractivity contribution in [3.63, 3.8) is 0 Å². The molecule has 1 aliphatic rings. The van der Waals surface area contributed by atoms with E-state index in [0.717, 1.165) is 27.1 Å². The van der Waals surface area contributed by atoms with Gasteiger partial charge >= 0.3 is 0 Å². The van der Waals surface area contributed by atoms with Gasteiger partial charge in [0.15, 0.2) is 0 Å². The number of rotatable bonds is 6. The average Bonchev–Trinajstić information content (AvgIpc) is 3.47. The third-order valence-corrected chi connectivity index (χ3v) is 7.63. The summed E-state index contributed by atoms with van der Waals surface area (Å²) < 4.78 is 7.65. The van der Waals surface area contributed by atoms with E-state index in [2.05, 4.69) is 16.0 Å². The normalized spacial score (nSPS) is 16.0. The van der Waals surface area contributed by atoms with Gasteiger partial charge in [0.1, 0.15) is 16.3 Å². The molecule has 5 rings (SSSR count).